The predicted molar refractivity (Wildman–Crippen MR) is 160 cm³/mol. The molecule has 1 aromatic carbocycles. The number of fused-ring (bicyclic) bond motifs is 1. The Kier molecular flexibility index (Phi) is 10.2. The number of rotatable bonds is 10. The van der Waals surface area contributed by atoms with Crippen LogP contribution < -0.4 is 30.4 Å². The molecule has 0 bridgehead atoms. The number of benzene rings is 1. The summed E-state index contributed by atoms with van der Waals surface area (Å²) in [6.07, 6.45) is 0.577. The van der Waals surface area contributed by atoms with Crippen molar-refractivity contribution >= 4 is 17.8 Å². The lowest BCUT2D eigenvalue weighted by molar-refractivity contribution is 0.0865. The number of ether oxygens (including phenoxy) is 3. The van der Waals surface area contributed by atoms with Crippen LogP contribution in [0.5, 0.6) is 11.6 Å². The zero-order valence-electron chi connectivity index (χ0n) is 25.2. The Bertz CT molecular complexity index is 1270. The smallest absolute Gasteiger partial charge is 0.409 e. The lowest BCUT2D eigenvalue weighted by Gasteiger charge is -2.34. The molecule has 0 spiro atoms. The molecule has 13 heteroatoms. The number of likely N-dealkylation sites (N-methyl/N-ethyl adjacent to an activating group) is 1. The Morgan fingerprint density at radius 2 is 1.95 bits per heavy atom. The molecule has 4 heterocycles. The van der Waals surface area contributed by atoms with E-state index in [9.17, 15) is 14.7 Å². The normalized spacial score (nSPS) is 21.2. The van der Waals surface area contributed by atoms with E-state index in [1.807, 2.05) is 24.9 Å². The van der Waals surface area contributed by atoms with Gasteiger partial charge in [-0.25, -0.2) is 9.80 Å². The molecule has 2 saturated heterocycles. The maximum Gasteiger partial charge on any atom is 0.409 e. The van der Waals surface area contributed by atoms with Gasteiger partial charge in [-0.15, -0.1) is 0 Å². The second kappa shape index (κ2) is 14.2. The Morgan fingerprint density at radius 1 is 1.14 bits per heavy atom. The molecule has 13 nitrogen and oxygen atoms in total. The SMILES string of the molecule is CCOc1nc(N2CCN(C(=O)OC)CC2)ccc1C(=O)NC[C@@H](O)[C@@H]1Cc2ccc(OCC3CCNN3C)cc2CN1. The number of methoxy groups -OCH3 is 1. The molecular formula is C30H43N7O6. The van der Waals surface area contributed by atoms with Gasteiger partial charge in [-0.1, -0.05) is 6.07 Å². The van der Waals surface area contributed by atoms with Crippen LogP contribution >= 0.6 is 0 Å². The number of nitrogens with one attached hydrogen (secondary N) is 3. The first-order valence-electron chi connectivity index (χ1n) is 15.0. The van der Waals surface area contributed by atoms with Gasteiger partial charge in [0.25, 0.3) is 5.91 Å². The molecule has 1 aromatic heterocycles. The van der Waals surface area contributed by atoms with Gasteiger partial charge in [-0.2, -0.15) is 4.98 Å². The van der Waals surface area contributed by atoms with E-state index >= 15 is 0 Å². The van der Waals surface area contributed by atoms with Gasteiger partial charge in [-0.05, 0) is 55.2 Å². The van der Waals surface area contributed by atoms with Gasteiger partial charge in [0, 0.05) is 58.9 Å². The predicted octanol–water partition coefficient (Wildman–Crippen LogP) is 0.761. The highest BCUT2D eigenvalue weighted by Gasteiger charge is 2.27. The quantitative estimate of drug-likeness (QED) is 0.309. The Labute approximate surface area is 252 Å². The summed E-state index contributed by atoms with van der Waals surface area (Å²) in [5, 5.41) is 19.3. The molecule has 1 unspecified atom stereocenters. The van der Waals surface area contributed by atoms with E-state index in [0.29, 0.717) is 69.8 Å². The van der Waals surface area contributed by atoms with E-state index in [0.717, 1.165) is 29.8 Å². The van der Waals surface area contributed by atoms with Gasteiger partial charge in [0.1, 0.15) is 23.7 Å². The van der Waals surface area contributed by atoms with Crippen molar-refractivity contribution in [3.8, 4) is 11.6 Å². The molecule has 5 rings (SSSR count). The zero-order valence-corrected chi connectivity index (χ0v) is 25.2. The second-order valence-electron chi connectivity index (χ2n) is 11.1. The van der Waals surface area contributed by atoms with Crippen LogP contribution in [0.15, 0.2) is 30.3 Å². The Morgan fingerprint density at radius 3 is 2.67 bits per heavy atom. The number of hydrogen-bond acceptors (Lipinski definition) is 11. The number of aromatic nitrogens is 1. The minimum atomic E-state index is -0.785. The molecule has 234 valence electrons. The minimum Gasteiger partial charge on any atom is -0.492 e. The Hall–Kier alpha value is -3.65. The third-order valence-electron chi connectivity index (χ3n) is 8.35. The molecule has 3 atom stereocenters. The van der Waals surface area contributed by atoms with Gasteiger partial charge in [0.05, 0.1) is 25.9 Å². The van der Waals surface area contributed by atoms with Crippen molar-refractivity contribution in [2.24, 2.45) is 0 Å². The standard InChI is InChI=1S/C30H43N7O6/c1-4-42-29-24(7-8-27(34-29)36-11-13-37(14-12-36)30(40)41-3)28(39)32-18-26(38)25-16-20-5-6-23(15-21(20)17-31-25)43-19-22-9-10-33-35(22)2/h5-8,15,22,25-26,31,33,38H,4,9-14,16-19H2,1-3H3,(H,32,39)/t22?,25-,26+/m0/s1. The Balaban J connectivity index is 1.13. The fourth-order valence-corrected chi connectivity index (χ4v) is 5.70. The van der Waals surface area contributed by atoms with Crippen LogP contribution in [-0.2, 0) is 17.7 Å². The summed E-state index contributed by atoms with van der Waals surface area (Å²) < 4.78 is 16.6. The number of aliphatic hydroxyl groups is 1. The molecular weight excluding hydrogens is 554 g/mol. The highest BCUT2D eigenvalue weighted by Crippen LogP contribution is 2.25. The summed E-state index contributed by atoms with van der Waals surface area (Å²) in [7, 11) is 3.41. The number of anilines is 1. The van der Waals surface area contributed by atoms with Gasteiger partial charge in [0.15, 0.2) is 0 Å². The lowest BCUT2D eigenvalue weighted by Crippen LogP contribution is -2.49. The maximum atomic E-state index is 13.1. The third kappa shape index (κ3) is 7.47. The number of hydrogen-bond donors (Lipinski definition) is 4. The topological polar surface area (TPSA) is 141 Å². The summed E-state index contributed by atoms with van der Waals surface area (Å²) in [4.78, 5) is 33.2. The number of hydrazine groups is 1. The molecule has 2 amide bonds. The van der Waals surface area contributed by atoms with Crippen LogP contribution in [0.2, 0.25) is 0 Å². The monoisotopic (exact) mass is 597 g/mol. The molecule has 43 heavy (non-hydrogen) atoms. The number of pyridine rings is 1. The second-order valence-corrected chi connectivity index (χ2v) is 11.1. The van der Waals surface area contributed by atoms with E-state index in [2.05, 4.69) is 38.2 Å². The zero-order chi connectivity index (χ0) is 30.3. The maximum absolute atomic E-state index is 13.1. The van der Waals surface area contributed by atoms with Crippen molar-refractivity contribution in [1.29, 1.82) is 0 Å². The van der Waals surface area contributed by atoms with E-state index in [1.54, 1.807) is 17.0 Å². The molecule has 3 aliphatic heterocycles. The molecule has 3 aliphatic rings. The summed E-state index contributed by atoms with van der Waals surface area (Å²) in [6, 6.07) is 9.76. The van der Waals surface area contributed by atoms with Gasteiger partial charge in [-0.3, -0.25) is 10.2 Å². The van der Waals surface area contributed by atoms with Crippen LogP contribution in [0.4, 0.5) is 10.6 Å². The summed E-state index contributed by atoms with van der Waals surface area (Å²) >= 11 is 0. The number of carbonyl (C=O) groups is 2. The van der Waals surface area contributed by atoms with Crippen molar-refractivity contribution in [2.45, 2.75) is 44.5 Å². The van der Waals surface area contributed by atoms with Crippen molar-refractivity contribution in [3.63, 3.8) is 0 Å². The number of carbonyl (C=O) groups excluding carboxylic acids is 2. The lowest BCUT2D eigenvalue weighted by atomic mass is 9.92. The van der Waals surface area contributed by atoms with E-state index in [-0.39, 0.29) is 30.5 Å². The van der Waals surface area contributed by atoms with E-state index < -0.39 is 6.10 Å². The molecule has 4 N–H and O–H groups in total. The fraction of sp³-hybridized carbons (Fsp3) is 0.567. The molecule has 2 fully saturated rings. The number of piperazine rings is 1. The first-order valence-corrected chi connectivity index (χ1v) is 15.0. The van der Waals surface area contributed by atoms with E-state index in [1.165, 1.54) is 7.11 Å². The molecule has 0 radical (unpaired) electrons. The largest absolute Gasteiger partial charge is 0.492 e. The summed E-state index contributed by atoms with van der Waals surface area (Å²) in [5.41, 5.74) is 5.91. The molecule has 2 aromatic rings. The van der Waals surface area contributed by atoms with Crippen molar-refractivity contribution < 1.29 is 28.9 Å². The van der Waals surface area contributed by atoms with Crippen molar-refractivity contribution in [2.75, 3.05) is 71.5 Å². The van der Waals surface area contributed by atoms with Crippen molar-refractivity contribution in [3.05, 3.63) is 47.0 Å². The average Bonchev–Trinajstić information content (AvgIpc) is 3.46. The number of aliphatic hydroxyl groups excluding tert-OH is 1. The van der Waals surface area contributed by atoms with Gasteiger partial charge >= 0.3 is 6.09 Å². The minimum absolute atomic E-state index is 0.0821. The van der Waals surface area contributed by atoms with Crippen LogP contribution in [0, 0.1) is 0 Å². The van der Waals surface area contributed by atoms with Crippen LogP contribution in [0.25, 0.3) is 0 Å². The highest BCUT2D eigenvalue weighted by molar-refractivity contribution is 5.96. The highest BCUT2D eigenvalue weighted by atomic mass is 16.5. The van der Waals surface area contributed by atoms with Gasteiger partial charge < -0.3 is 39.8 Å². The van der Waals surface area contributed by atoms with Crippen LogP contribution in [0.3, 0.4) is 0 Å². The van der Waals surface area contributed by atoms with Crippen LogP contribution in [0.1, 0.15) is 34.8 Å². The first kappa shape index (κ1) is 30.8. The van der Waals surface area contributed by atoms with Crippen molar-refractivity contribution in [1.82, 2.24) is 31.0 Å². The molecule has 0 saturated carbocycles. The third-order valence-corrected chi connectivity index (χ3v) is 8.35. The first-order chi connectivity index (χ1) is 20.9. The number of nitrogens with zero attached hydrogens (tertiary/aromatic N) is 4. The average molecular weight is 598 g/mol. The summed E-state index contributed by atoms with van der Waals surface area (Å²) in [6.45, 7) is 6.70. The van der Waals surface area contributed by atoms with E-state index in [4.69, 9.17) is 14.2 Å². The van der Waals surface area contributed by atoms with Gasteiger partial charge in [0.2, 0.25) is 5.88 Å². The fourth-order valence-electron chi connectivity index (χ4n) is 5.70. The van der Waals surface area contributed by atoms with Crippen LogP contribution in [-0.4, -0.2) is 117 Å². The number of amides is 2. The summed E-state index contributed by atoms with van der Waals surface area (Å²) in [5.74, 6) is 1.39. The molecule has 0 aliphatic carbocycles.